The average Bonchev–Trinajstić information content (AvgIpc) is 3.29. The van der Waals surface area contributed by atoms with Gasteiger partial charge in [-0.2, -0.15) is 5.10 Å². The van der Waals surface area contributed by atoms with Crippen LogP contribution in [0.25, 0.3) is 34.0 Å². The summed E-state index contributed by atoms with van der Waals surface area (Å²) in [5, 5.41) is 14.9. The fraction of sp³-hybridized carbons (Fsp3) is 0.346. The summed E-state index contributed by atoms with van der Waals surface area (Å²) in [6.45, 7) is 3.80. The molecule has 1 atom stereocenters. The Morgan fingerprint density at radius 2 is 1.80 bits per heavy atom. The number of carbonyl (C=O) groups excluding carboxylic acids is 1. The summed E-state index contributed by atoms with van der Waals surface area (Å²) in [6, 6.07) is 15.9. The van der Waals surface area contributed by atoms with Gasteiger partial charge in [-0.1, -0.05) is 36.4 Å². The Balaban J connectivity index is 1.20. The van der Waals surface area contributed by atoms with Gasteiger partial charge in [-0.15, -0.1) is 10.2 Å². The van der Waals surface area contributed by atoms with Crippen LogP contribution in [-0.4, -0.2) is 48.9 Å². The number of likely N-dealkylation sites (tertiary alicyclic amines) is 1. The van der Waals surface area contributed by atoms with Gasteiger partial charge in [-0.25, -0.2) is 9.89 Å². The summed E-state index contributed by atoms with van der Waals surface area (Å²) in [6.07, 6.45) is 2.94. The number of nitrogens with zero attached hydrogens (tertiary/aromatic N) is 5. The van der Waals surface area contributed by atoms with E-state index >= 15 is 0 Å². The number of hydrogen-bond acceptors (Lipinski definition) is 6. The molecular weight excluding hydrogens is 444 g/mol. The molecule has 9 heteroatoms. The molecule has 0 bridgehead atoms. The Labute approximate surface area is 201 Å². The minimum absolute atomic E-state index is 0.224. The zero-order chi connectivity index (χ0) is 23.9. The molecule has 1 aliphatic heterocycles. The van der Waals surface area contributed by atoms with Crippen molar-refractivity contribution in [3.05, 3.63) is 64.9 Å². The van der Waals surface area contributed by atoms with Gasteiger partial charge in [-0.05, 0) is 48.4 Å². The fourth-order valence-corrected chi connectivity index (χ4v) is 4.79. The molecule has 2 fully saturated rings. The highest BCUT2D eigenvalue weighted by Crippen LogP contribution is 2.33. The van der Waals surface area contributed by atoms with Crippen LogP contribution in [0.5, 0.6) is 0 Å². The highest BCUT2D eigenvalue weighted by atomic mass is 16.4. The number of aromatic nitrogens is 5. The monoisotopic (exact) mass is 470 g/mol. The first-order valence-electron chi connectivity index (χ1n) is 12.0. The second-order valence-corrected chi connectivity index (χ2v) is 9.46. The number of amides is 1. The van der Waals surface area contributed by atoms with Gasteiger partial charge in [0.2, 0.25) is 17.7 Å². The van der Waals surface area contributed by atoms with Gasteiger partial charge in [-0.3, -0.25) is 9.36 Å². The van der Waals surface area contributed by atoms with Gasteiger partial charge in [0.1, 0.15) is 0 Å². The number of nitrogens with one attached hydrogen (secondary N) is 1. The van der Waals surface area contributed by atoms with Crippen LogP contribution >= 0.6 is 0 Å². The Kier molecular flexibility index (Phi) is 5.32. The molecule has 4 aromatic rings. The largest absolute Gasteiger partial charge is 0.421 e. The van der Waals surface area contributed by atoms with Crippen molar-refractivity contribution in [2.45, 2.75) is 32.7 Å². The Morgan fingerprint density at radius 1 is 1.03 bits per heavy atom. The molecule has 2 aliphatic rings. The molecule has 1 saturated carbocycles. The third kappa shape index (κ3) is 4.29. The molecule has 1 saturated heterocycles. The fourth-order valence-electron chi connectivity index (χ4n) is 4.79. The second-order valence-electron chi connectivity index (χ2n) is 9.46. The molecule has 1 N–H and O–H groups in total. The van der Waals surface area contributed by atoms with E-state index in [1.54, 1.807) is 11.5 Å². The lowest BCUT2D eigenvalue weighted by molar-refractivity contribution is -0.131. The first-order chi connectivity index (χ1) is 17.0. The predicted molar refractivity (Wildman–Crippen MR) is 129 cm³/mol. The third-order valence-electron chi connectivity index (χ3n) is 6.84. The Hall–Kier alpha value is -4.01. The lowest BCUT2D eigenvalue weighted by atomic mass is 10.0. The van der Waals surface area contributed by atoms with Crippen molar-refractivity contribution in [2.24, 2.45) is 11.8 Å². The lowest BCUT2D eigenvalue weighted by Gasteiger charge is -2.16. The van der Waals surface area contributed by atoms with Gasteiger partial charge >= 0.3 is 5.69 Å². The lowest BCUT2D eigenvalue weighted by Crippen LogP contribution is -2.31. The van der Waals surface area contributed by atoms with E-state index in [0.29, 0.717) is 30.7 Å². The number of aromatic amines is 1. The number of aryl methyl sites for hydroxylation is 1. The van der Waals surface area contributed by atoms with Crippen LogP contribution in [-0.2, 0) is 11.3 Å². The van der Waals surface area contributed by atoms with E-state index in [-0.39, 0.29) is 23.4 Å². The van der Waals surface area contributed by atoms with E-state index in [4.69, 9.17) is 4.42 Å². The smallest absolute Gasteiger partial charge is 0.343 e. The maximum absolute atomic E-state index is 12.5. The molecule has 178 valence electrons. The van der Waals surface area contributed by atoms with Gasteiger partial charge < -0.3 is 9.32 Å². The van der Waals surface area contributed by atoms with E-state index < -0.39 is 0 Å². The SMILES string of the molecule is Cc1nnc(-c2cccc(-c3ccc(-c4n[nH]c(=O)n4CC4CCN(C(=O)C5CC5)C4)cc3)c2)o1. The molecule has 9 nitrogen and oxygen atoms in total. The summed E-state index contributed by atoms with van der Waals surface area (Å²) in [5.74, 6) is 2.40. The minimum atomic E-state index is -0.224. The van der Waals surface area contributed by atoms with E-state index in [1.807, 2.05) is 53.4 Å². The maximum Gasteiger partial charge on any atom is 0.343 e. The summed E-state index contributed by atoms with van der Waals surface area (Å²) in [5.41, 5.74) is 3.55. The second kappa shape index (κ2) is 8.65. The van der Waals surface area contributed by atoms with Crippen molar-refractivity contribution in [3.8, 4) is 34.0 Å². The first kappa shape index (κ1) is 21.5. The molecule has 0 spiro atoms. The standard InChI is InChI=1S/C26H26N6O3/c1-16-27-29-24(35-16)22-4-2-3-21(13-22)18-5-7-19(8-6-18)23-28-30-26(34)32(23)15-17-11-12-31(14-17)25(33)20-9-10-20/h2-8,13,17,20H,9-12,14-15H2,1H3,(H,30,34). The van der Waals surface area contributed by atoms with Crippen LogP contribution in [0.3, 0.4) is 0 Å². The van der Waals surface area contributed by atoms with Crippen LogP contribution in [0.2, 0.25) is 0 Å². The summed E-state index contributed by atoms with van der Waals surface area (Å²) >= 11 is 0. The van der Waals surface area contributed by atoms with Crippen molar-refractivity contribution in [1.82, 2.24) is 29.9 Å². The van der Waals surface area contributed by atoms with Gasteiger partial charge in [0.05, 0.1) is 0 Å². The van der Waals surface area contributed by atoms with E-state index in [9.17, 15) is 9.59 Å². The summed E-state index contributed by atoms with van der Waals surface area (Å²) < 4.78 is 7.25. The molecule has 2 aromatic heterocycles. The molecule has 1 amide bonds. The van der Waals surface area contributed by atoms with Gasteiger partial charge in [0, 0.05) is 43.6 Å². The number of benzene rings is 2. The summed E-state index contributed by atoms with van der Waals surface area (Å²) in [4.78, 5) is 26.9. The molecule has 0 radical (unpaired) electrons. The van der Waals surface area contributed by atoms with Crippen molar-refractivity contribution in [3.63, 3.8) is 0 Å². The molecule has 2 aromatic carbocycles. The van der Waals surface area contributed by atoms with E-state index in [2.05, 4.69) is 20.4 Å². The highest BCUT2D eigenvalue weighted by molar-refractivity contribution is 5.81. The molecule has 1 aliphatic carbocycles. The van der Waals surface area contributed by atoms with Gasteiger partial charge in [0.25, 0.3) is 0 Å². The molecular formula is C26H26N6O3. The van der Waals surface area contributed by atoms with Crippen molar-refractivity contribution in [1.29, 1.82) is 0 Å². The average molecular weight is 471 g/mol. The topological polar surface area (TPSA) is 110 Å². The maximum atomic E-state index is 12.5. The van der Waals surface area contributed by atoms with Crippen LogP contribution in [0.15, 0.2) is 57.7 Å². The van der Waals surface area contributed by atoms with Crippen LogP contribution < -0.4 is 5.69 Å². The number of H-pyrrole nitrogens is 1. The van der Waals surface area contributed by atoms with Crippen LogP contribution in [0.4, 0.5) is 0 Å². The first-order valence-corrected chi connectivity index (χ1v) is 12.0. The minimum Gasteiger partial charge on any atom is -0.421 e. The van der Waals surface area contributed by atoms with Crippen LogP contribution in [0, 0.1) is 18.8 Å². The van der Waals surface area contributed by atoms with Crippen molar-refractivity contribution in [2.75, 3.05) is 13.1 Å². The third-order valence-corrected chi connectivity index (χ3v) is 6.84. The number of rotatable bonds is 6. The van der Waals surface area contributed by atoms with Crippen LogP contribution in [0.1, 0.15) is 25.2 Å². The Bertz CT molecular complexity index is 1430. The molecule has 6 rings (SSSR count). The van der Waals surface area contributed by atoms with E-state index in [0.717, 1.165) is 48.1 Å². The van der Waals surface area contributed by atoms with Crippen molar-refractivity contribution < 1.29 is 9.21 Å². The van der Waals surface area contributed by atoms with Gasteiger partial charge in [0.15, 0.2) is 5.82 Å². The Morgan fingerprint density at radius 3 is 2.54 bits per heavy atom. The highest BCUT2D eigenvalue weighted by Gasteiger charge is 2.36. The molecule has 35 heavy (non-hydrogen) atoms. The van der Waals surface area contributed by atoms with E-state index in [1.165, 1.54) is 0 Å². The number of hydrogen-bond donors (Lipinski definition) is 1. The quantitative estimate of drug-likeness (QED) is 0.462. The zero-order valence-electron chi connectivity index (χ0n) is 19.5. The summed E-state index contributed by atoms with van der Waals surface area (Å²) in [7, 11) is 0. The zero-order valence-corrected chi connectivity index (χ0v) is 19.5. The normalized spacial score (nSPS) is 17.7. The molecule has 3 heterocycles. The predicted octanol–water partition coefficient (Wildman–Crippen LogP) is 3.52. The molecule has 1 unspecified atom stereocenters. The van der Waals surface area contributed by atoms with Crippen molar-refractivity contribution >= 4 is 5.91 Å². The number of carbonyl (C=O) groups is 1.